The first kappa shape index (κ1) is 67.1. The minimum atomic E-state index is -2.28. The Balaban J connectivity index is 0.645. The normalized spacial score (nSPS) is 20.6. The van der Waals surface area contributed by atoms with Gasteiger partial charge in [0.15, 0.2) is 0 Å². The van der Waals surface area contributed by atoms with Crippen LogP contribution in [-0.2, 0) is 44.8 Å². The molecule has 2 aliphatic carbocycles. The number of anilines is 2. The van der Waals surface area contributed by atoms with Gasteiger partial charge in [-0.1, -0.05) is 23.2 Å². The Kier molecular flexibility index (Phi) is 24.3. The fourth-order valence-corrected chi connectivity index (χ4v) is 13.9. The summed E-state index contributed by atoms with van der Waals surface area (Å²) < 4.78 is 74.5. The topological polar surface area (TPSA) is 278 Å². The molecule has 0 spiro atoms. The average Bonchev–Trinajstić information content (AvgIpc) is 2.96. The number of hydrogen-bond donors (Lipinski definition) is 6. The Labute approximate surface area is 525 Å². The average molecular weight is 1280 g/mol. The van der Waals surface area contributed by atoms with E-state index in [0.29, 0.717) is 155 Å². The molecule has 0 saturated carbocycles. The van der Waals surface area contributed by atoms with Gasteiger partial charge in [0, 0.05) is 68.9 Å². The third-order valence-electron chi connectivity index (χ3n) is 16.6. The Hall–Kier alpha value is -5.88. The number of nitrogens with one attached hydrogen (secondary N) is 3. The molecule has 8 atom stereocenters. The number of rotatable bonds is 29. The summed E-state index contributed by atoms with van der Waals surface area (Å²) >= 11 is 8.27. The molecule has 0 aromatic heterocycles. The number of unbranched alkanes of at least 4 members (excludes halogenated alkanes) is 1. The van der Waals surface area contributed by atoms with Crippen LogP contribution in [0.4, 0.5) is 21.0 Å². The Morgan fingerprint density at radius 1 is 0.667 bits per heavy atom. The highest BCUT2D eigenvalue weighted by atomic mass is 35.5. The molecule has 0 bridgehead atoms. The van der Waals surface area contributed by atoms with Gasteiger partial charge in [0.2, 0.25) is 0 Å². The van der Waals surface area contributed by atoms with Crippen LogP contribution >= 0.6 is 23.2 Å². The smallest absolute Gasteiger partial charge is 0.331 e. The Bertz CT molecular complexity index is 3190. The van der Waals surface area contributed by atoms with Gasteiger partial charge in [0.05, 0.1) is 91.8 Å². The van der Waals surface area contributed by atoms with E-state index < -0.39 is 28.6 Å². The number of hydrazine groups is 1. The van der Waals surface area contributed by atoms with Gasteiger partial charge in [-0.15, -0.1) is 0 Å². The number of amides is 4. The number of nitriles is 2. The van der Waals surface area contributed by atoms with Crippen molar-refractivity contribution in [1.82, 2.24) is 40.6 Å². The van der Waals surface area contributed by atoms with E-state index in [2.05, 4.69) is 47.7 Å². The van der Waals surface area contributed by atoms with Crippen LogP contribution in [0.3, 0.4) is 0 Å². The first-order valence-electron chi connectivity index (χ1n) is 29.3. The molecule has 0 radical (unpaired) electrons. The van der Waals surface area contributed by atoms with Crippen molar-refractivity contribution in [2.24, 2.45) is 5.84 Å². The zero-order chi connectivity index (χ0) is 62.5. The number of carbonyl (C=O) groups excluding carboxylic acids is 2. The maximum Gasteiger partial charge on any atom is 0.331 e. The Morgan fingerprint density at radius 2 is 1.11 bits per heavy atom. The number of nitrogens with zero attached hydrogens (tertiary/aromatic N) is 9. The van der Waals surface area contributed by atoms with E-state index >= 15 is 0 Å². The quantitative estimate of drug-likeness (QED) is 0.0114. The fraction of sp³-hybridized carbons (Fsp3) is 0.533. The maximum absolute atomic E-state index is 12.8. The molecule has 2 unspecified atom stereocenters. The van der Waals surface area contributed by atoms with Gasteiger partial charge in [0.25, 0.3) is 22.5 Å². The minimum absolute atomic E-state index is 0.0184. The van der Waals surface area contributed by atoms with Crippen LogP contribution in [0.25, 0.3) is 0 Å². The molecule has 8 rings (SSSR count). The number of halogens is 2. The summed E-state index contributed by atoms with van der Waals surface area (Å²) in [4.78, 5) is 33.5. The first-order chi connectivity index (χ1) is 41.7. The number of aryl methyl sites for hydroxylation is 2. The molecule has 4 amide bonds. The van der Waals surface area contributed by atoms with E-state index in [-0.39, 0.29) is 55.6 Å². The van der Waals surface area contributed by atoms with Crippen molar-refractivity contribution >= 4 is 69.2 Å². The number of carbonyl (C=O) groups is 2. The van der Waals surface area contributed by atoms with Gasteiger partial charge in [-0.3, -0.25) is 32.5 Å². The summed E-state index contributed by atoms with van der Waals surface area (Å²) in [6, 6.07) is 21.4. The SMILES string of the molecule is Cc1cc(N([C@@H]2CCN(CCOCCNC(=O)NCCCCNC(=O)N(N)CCOCCN3CC[C@@H](N(c4ccc(O[C@H]5c6cc(Cl)cc(C#N)c6C[C@@H]5N(C)C)c(C)c4)S(=O)O)C3)C2)S(=O)O)ccc1O[C@H]1c2cc(Cl)cc(C#N)c2C[C@@H]1N(C)C. The van der Waals surface area contributed by atoms with Crippen LogP contribution in [0, 0.1) is 36.5 Å². The molecule has 4 aliphatic rings. The molecular formula is C60H81Cl2N13O10S2. The summed E-state index contributed by atoms with van der Waals surface area (Å²) in [5.74, 6) is 7.27. The first-order valence-corrected chi connectivity index (χ1v) is 32.2. The van der Waals surface area contributed by atoms with Gasteiger partial charge in [-0.2, -0.15) is 10.5 Å². The standard InChI is InChI=1S/C60H81Cl2N13O10S2/c1-39-27-45(9-11-55(39)84-57-51-31-43(61)29-41(35-63)49(51)33-53(57)69(3)4)74(86(78)79)47-13-18-71(37-47)20-24-82-23-17-67-59(76)66-15-7-8-16-68-60(77)73(65)22-26-83-25-21-72-19-14-48(38-72)75(87(80)81)46-10-12-56(40(2)28-46)85-58-52-32-44(62)30-42(36-64)50(52)34-54(58)70(5)6/h9-12,27-32,47-48,53-54,57-58H,7-8,13-26,33-34,37-38,65H2,1-6H3,(H,68,77)(H,78,79)(H,80,81)(H2,66,67,76)/t47-,48-,53+,54+,57+,58+/m1/s1. The van der Waals surface area contributed by atoms with Crippen molar-refractivity contribution in [1.29, 1.82) is 10.5 Å². The molecule has 87 heavy (non-hydrogen) atoms. The third-order valence-corrected chi connectivity index (χ3v) is 18.7. The van der Waals surface area contributed by atoms with Crippen molar-refractivity contribution in [2.45, 2.75) is 88.7 Å². The molecule has 27 heteroatoms. The number of benzene rings is 4. The molecule has 4 aromatic carbocycles. The van der Waals surface area contributed by atoms with Gasteiger partial charge >= 0.3 is 12.1 Å². The van der Waals surface area contributed by atoms with Crippen LogP contribution in [-0.4, -0.2) is 198 Å². The molecular weight excluding hydrogens is 1200 g/mol. The molecule has 4 aromatic rings. The second kappa shape index (κ2) is 31.5. The summed E-state index contributed by atoms with van der Waals surface area (Å²) in [6.45, 7) is 10.2. The van der Waals surface area contributed by atoms with Crippen LogP contribution in [0.5, 0.6) is 11.5 Å². The van der Waals surface area contributed by atoms with E-state index in [1.807, 2.05) is 78.4 Å². The summed E-state index contributed by atoms with van der Waals surface area (Å²) in [5.41, 5.74) is 7.55. The lowest BCUT2D eigenvalue weighted by Gasteiger charge is -2.29. The van der Waals surface area contributed by atoms with Crippen molar-refractivity contribution in [2.75, 3.05) is 129 Å². The van der Waals surface area contributed by atoms with E-state index in [1.165, 1.54) is 8.61 Å². The number of likely N-dealkylation sites (tertiary alicyclic amines) is 2. The summed E-state index contributed by atoms with van der Waals surface area (Å²) in [5, 5.41) is 30.0. The number of fused-ring (bicyclic) bond motifs is 2. The molecule has 472 valence electrons. The van der Waals surface area contributed by atoms with Gasteiger partial charge in [-0.05, 0) is 175 Å². The number of ether oxygens (including phenoxy) is 4. The maximum atomic E-state index is 12.8. The monoisotopic (exact) mass is 1280 g/mol. The van der Waals surface area contributed by atoms with Gasteiger partial charge in [0.1, 0.15) is 23.7 Å². The van der Waals surface area contributed by atoms with Crippen LogP contribution in [0.1, 0.15) is 82.4 Å². The van der Waals surface area contributed by atoms with Gasteiger partial charge < -0.3 is 44.7 Å². The van der Waals surface area contributed by atoms with Crippen molar-refractivity contribution in [3.63, 3.8) is 0 Å². The van der Waals surface area contributed by atoms with Crippen molar-refractivity contribution in [3.8, 4) is 23.6 Å². The molecule has 7 N–H and O–H groups in total. The minimum Gasteiger partial charge on any atom is -0.484 e. The van der Waals surface area contributed by atoms with E-state index in [1.54, 1.807) is 24.3 Å². The van der Waals surface area contributed by atoms with Crippen LogP contribution in [0.15, 0.2) is 60.7 Å². The van der Waals surface area contributed by atoms with Gasteiger partial charge in [-0.25, -0.2) is 23.8 Å². The number of likely N-dealkylation sites (N-methyl/N-ethyl adjacent to an activating group) is 2. The molecule has 2 fully saturated rings. The third kappa shape index (κ3) is 17.3. The highest BCUT2D eigenvalue weighted by Gasteiger charge is 2.40. The molecule has 2 heterocycles. The molecule has 2 aliphatic heterocycles. The van der Waals surface area contributed by atoms with E-state index in [4.69, 9.17) is 48.0 Å². The Morgan fingerprint density at radius 3 is 1.55 bits per heavy atom. The van der Waals surface area contributed by atoms with Crippen LogP contribution in [0.2, 0.25) is 10.0 Å². The molecule has 2 saturated heterocycles. The largest absolute Gasteiger partial charge is 0.484 e. The predicted octanol–water partition coefficient (Wildman–Crippen LogP) is 6.30. The lowest BCUT2D eigenvalue weighted by molar-refractivity contribution is 0.0932. The van der Waals surface area contributed by atoms with Crippen LogP contribution < -0.4 is 39.9 Å². The lowest BCUT2D eigenvalue weighted by Crippen LogP contribution is -2.46. The predicted molar refractivity (Wildman–Crippen MR) is 337 cm³/mol. The lowest BCUT2D eigenvalue weighted by atomic mass is 10.0. The molecule has 23 nitrogen and oxygen atoms in total. The second-order valence-corrected chi connectivity index (χ2v) is 25.4. The highest BCUT2D eigenvalue weighted by molar-refractivity contribution is 7.81. The van der Waals surface area contributed by atoms with E-state index in [9.17, 15) is 37.6 Å². The van der Waals surface area contributed by atoms with Crippen molar-refractivity contribution < 1.29 is 46.1 Å². The zero-order valence-corrected chi connectivity index (χ0v) is 53.4. The summed E-state index contributed by atoms with van der Waals surface area (Å²) in [6.07, 6.45) is 3.17. The zero-order valence-electron chi connectivity index (χ0n) is 50.2. The van der Waals surface area contributed by atoms with E-state index in [0.717, 1.165) is 44.9 Å². The summed E-state index contributed by atoms with van der Waals surface area (Å²) in [7, 11) is 7.93. The number of nitrogens with two attached hydrogens (primary N) is 1. The number of hydrogen-bond acceptors (Lipinski definition) is 15. The number of urea groups is 2. The second-order valence-electron chi connectivity index (χ2n) is 22.9. The van der Waals surface area contributed by atoms with Crippen molar-refractivity contribution in [3.05, 3.63) is 115 Å². The highest BCUT2D eigenvalue weighted by Crippen LogP contribution is 2.44. The fourth-order valence-electron chi connectivity index (χ4n) is 12.0.